The van der Waals surface area contributed by atoms with Gasteiger partial charge < -0.3 is 41.0 Å². The van der Waals surface area contributed by atoms with E-state index >= 15 is 0 Å². The van der Waals surface area contributed by atoms with Crippen LogP contribution in [-0.4, -0.2) is 93.9 Å². The van der Waals surface area contributed by atoms with E-state index in [-0.39, 0.29) is 25.2 Å². The number of ether oxygens (including phenoxy) is 2. The molecule has 0 aromatic heterocycles. The van der Waals surface area contributed by atoms with E-state index in [4.69, 9.17) is 20.9 Å². The van der Waals surface area contributed by atoms with Crippen molar-refractivity contribution in [3.05, 3.63) is 0 Å². The van der Waals surface area contributed by atoms with Gasteiger partial charge in [0.05, 0.1) is 37.4 Å². The number of hydrogen-bond acceptors (Lipinski definition) is 8. The molecule has 2 saturated heterocycles. The van der Waals surface area contributed by atoms with Crippen LogP contribution in [0, 0.1) is 0 Å². The smallest absolute Gasteiger partial charge is 0.410 e. The number of carbonyl (C=O) groups excluding carboxylic acids is 2. The first-order valence-electron chi connectivity index (χ1n) is 9.42. The molecule has 4 unspecified atom stereocenters. The standard InChI is InChI=1S/2C9H18N2O3/c2*1-9(2,3)14-8(13)11-4-6(10)7(12)5-11/h2*6-7,12H,4-5,10H2,1-3H3. The van der Waals surface area contributed by atoms with E-state index in [0.29, 0.717) is 13.1 Å². The molecule has 10 nitrogen and oxygen atoms in total. The van der Waals surface area contributed by atoms with E-state index in [1.165, 1.54) is 9.80 Å². The number of aliphatic hydroxyl groups is 2. The van der Waals surface area contributed by atoms with Crippen molar-refractivity contribution in [2.75, 3.05) is 26.2 Å². The maximum atomic E-state index is 11.5. The summed E-state index contributed by atoms with van der Waals surface area (Å²) in [5.74, 6) is 0. The Morgan fingerprint density at radius 2 is 1.04 bits per heavy atom. The summed E-state index contributed by atoms with van der Waals surface area (Å²) in [5, 5.41) is 18.7. The van der Waals surface area contributed by atoms with Crippen molar-refractivity contribution in [3.8, 4) is 0 Å². The number of nitrogens with zero attached hydrogens (tertiary/aromatic N) is 2. The average Bonchev–Trinajstić information content (AvgIpc) is 3.00. The van der Waals surface area contributed by atoms with Crippen molar-refractivity contribution >= 4 is 12.2 Å². The second-order valence-corrected chi connectivity index (χ2v) is 9.23. The number of carbonyl (C=O) groups is 2. The average molecular weight is 405 g/mol. The summed E-state index contributed by atoms with van der Waals surface area (Å²) in [4.78, 5) is 25.8. The predicted molar refractivity (Wildman–Crippen MR) is 104 cm³/mol. The van der Waals surface area contributed by atoms with E-state index in [9.17, 15) is 19.8 Å². The number of likely N-dealkylation sites (tertiary alicyclic amines) is 2. The lowest BCUT2D eigenvalue weighted by atomic mass is 10.2. The quantitative estimate of drug-likeness (QED) is 0.435. The molecule has 0 aliphatic carbocycles. The van der Waals surface area contributed by atoms with Gasteiger partial charge in [-0.15, -0.1) is 0 Å². The molecule has 2 aliphatic rings. The summed E-state index contributed by atoms with van der Waals surface area (Å²) >= 11 is 0. The van der Waals surface area contributed by atoms with Gasteiger partial charge in [-0.1, -0.05) is 0 Å². The Bertz CT molecular complexity index is 477. The molecule has 0 radical (unpaired) electrons. The topological polar surface area (TPSA) is 152 Å². The summed E-state index contributed by atoms with van der Waals surface area (Å²) in [7, 11) is 0. The fourth-order valence-electron chi connectivity index (χ4n) is 2.57. The fourth-order valence-corrected chi connectivity index (χ4v) is 2.57. The fraction of sp³-hybridized carbons (Fsp3) is 0.889. The molecular formula is C18H36N4O6. The van der Waals surface area contributed by atoms with E-state index in [1.807, 2.05) is 0 Å². The Morgan fingerprint density at radius 1 is 0.750 bits per heavy atom. The number of aliphatic hydroxyl groups excluding tert-OH is 2. The summed E-state index contributed by atoms with van der Waals surface area (Å²) in [6.45, 7) is 12.1. The summed E-state index contributed by atoms with van der Waals surface area (Å²) in [6, 6.07) is -0.718. The van der Waals surface area contributed by atoms with Gasteiger partial charge in [-0.05, 0) is 41.5 Å². The highest BCUT2D eigenvalue weighted by atomic mass is 16.6. The third kappa shape index (κ3) is 8.17. The van der Waals surface area contributed by atoms with Crippen LogP contribution in [0.1, 0.15) is 41.5 Å². The van der Waals surface area contributed by atoms with Crippen LogP contribution < -0.4 is 11.5 Å². The first-order chi connectivity index (χ1) is 12.6. The Balaban J connectivity index is 0.000000280. The van der Waals surface area contributed by atoms with Crippen LogP contribution in [0.15, 0.2) is 0 Å². The second-order valence-electron chi connectivity index (χ2n) is 9.23. The van der Waals surface area contributed by atoms with Gasteiger partial charge in [0.2, 0.25) is 0 Å². The summed E-state index contributed by atoms with van der Waals surface area (Å²) < 4.78 is 10.3. The molecule has 0 saturated carbocycles. The highest BCUT2D eigenvalue weighted by molar-refractivity contribution is 5.69. The molecular weight excluding hydrogens is 368 g/mol. The number of amides is 2. The Hall–Kier alpha value is -1.62. The number of nitrogens with two attached hydrogens (primary N) is 2. The van der Waals surface area contributed by atoms with Gasteiger partial charge in [0.15, 0.2) is 0 Å². The Kier molecular flexibility index (Phi) is 8.07. The van der Waals surface area contributed by atoms with E-state index in [0.717, 1.165) is 0 Å². The number of hydrogen-bond donors (Lipinski definition) is 4. The molecule has 2 heterocycles. The first kappa shape index (κ1) is 24.4. The second kappa shape index (κ2) is 9.25. The van der Waals surface area contributed by atoms with Crippen molar-refractivity contribution in [2.45, 2.75) is 77.0 Å². The predicted octanol–water partition coefficient (Wildman–Crippen LogP) is -0.149. The maximum Gasteiger partial charge on any atom is 0.410 e. The molecule has 0 aromatic rings. The number of rotatable bonds is 0. The van der Waals surface area contributed by atoms with E-state index in [1.54, 1.807) is 41.5 Å². The minimum absolute atomic E-state index is 0.260. The lowest BCUT2D eigenvalue weighted by Gasteiger charge is -2.24. The monoisotopic (exact) mass is 404 g/mol. The lowest BCUT2D eigenvalue weighted by molar-refractivity contribution is 0.0261. The van der Waals surface area contributed by atoms with Crippen molar-refractivity contribution < 1.29 is 29.3 Å². The maximum absolute atomic E-state index is 11.5. The molecule has 28 heavy (non-hydrogen) atoms. The van der Waals surface area contributed by atoms with Gasteiger partial charge in [-0.25, -0.2) is 9.59 Å². The van der Waals surface area contributed by atoms with Crippen LogP contribution in [0.5, 0.6) is 0 Å². The highest BCUT2D eigenvalue weighted by Gasteiger charge is 2.34. The minimum Gasteiger partial charge on any atom is -0.444 e. The van der Waals surface area contributed by atoms with Gasteiger partial charge in [-0.3, -0.25) is 0 Å². The zero-order valence-corrected chi connectivity index (χ0v) is 17.7. The van der Waals surface area contributed by atoms with Crippen LogP contribution in [0.4, 0.5) is 9.59 Å². The SMILES string of the molecule is CC(C)(C)OC(=O)N1CC(N)C(O)C1.CC(C)(C)OC(=O)N1CC(N)C(O)C1. The van der Waals surface area contributed by atoms with Gasteiger partial charge in [0.1, 0.15) is 11.2 Å². The molecule has 2 rings (SSSR count). The molecule has 6 N–H and O–H groups in total. The lowest BCUT2D eigenvalue weighted by Crippen LogP contribution is -2.36. The molecule has 0 spiro atoms. The summed E-state index contributed by atoms with van der Waals surface area (Å²) in [5.41, 5.74) is 10.1. The van der Waals surface area contributed by atoms with E-state index in [2.05, 4.69) is 0 Å². The Labute approximate surface area is 166 Å². The molecule has 2 aliphatic heterocycles. The van der Waals surface area contributed by atoms with Crippen LogP contribution in [0.3, 0.4) is 0 Å². The van der Waals surface area contributed by atoms with Gasteiger partial charge in [0.25, 0.3) is 0 Å². The van der Waals surface area contributed by atoms with Crippen LogP contribution in [-0.2, 0) is 9.47 Å². The zero-order valence-electron chi connectivity index (χ0n) is 17.7. The highest BCUT2D eigenvalue weighted by Crippen LogP contribution is 2.15. The van der Waals surface area contributed by atoms with Crippen molar-refractivity contribution in [2.24, 2.45) is 11.5 Å². The molecule has 4 atom stereocenters. The minimum atomic E-state index is -0.637. The van der Waals surface area contributed by atoms with Crippen molar-refractivity contribution in [1.82, 2.24) is 9.80 Å². The third-order valence-electron chi connectivity index (χ3n) is 3.97. The van der Waals surface area contributed by atoms with Gasteiger partial charge in [0, 0.05) is 13.1 Å². The third-order valence-corrected chi connectivity index (χ3v) is 3.97. The van der Waals surface area contributed by atoms with Gasteiger partial charge >= 0.3 is 12.2 Å². The molecule has 164 valence electrons. The molecule has 0 bridgehead atoms. The number of β-amino-alcohol motifs (C(OH)–C–C–N with tert-alkyl or cyclic N) is 2. The first-order valence-corrected chi connectivity index (χ1v) is 9.42. The van der Waals surface area contributed by atoms with Crippen LogP contribution >= 0.6 is 0 Å². The largest absolute Gasteiger partial charge is 0.444 e. The van der Waals surface area contributed by atoms with E-state index < -0.39 is 35.6 Å². The van der Waals surface area contributed by atoms with Crippen LogP contribution in [0.25, 0.3) is 0 Å². The molecule has 10 heteroatoms. The Morgan fingerprint density at radius 3 is 1.21 bits per heavy atom. The molecule has 0 aromatic carbocycles. The van der Waals surface area contributed by atoms with Crippen LogP contribution in [0.2, 0.25) is 0 Å². The zero-order chi connectivity index (χ0) is 21.9. The van der Waals surface area contributed by atoms with Crippen molar-refractivity contribution in [1.29, 1.82) is 0 Å². The van der Waals surface area contributed by atoms with Crippen molar-refractivity contribution in [3.63, 3.8) is 0 Å². The normalized spacial score (nSPS) is 27.9. The molecule has 2 fully saturated rings. The summed E-state index contributed by atoms with van der Waals surface area (Å²) in [6.07, 6.45) is -2.10. The molecule has 2 amide bonds. The van der Waals surface area contributed by atoms with Gasteiger partial charge in [-0.2, -0.15) is 0 Å².